The zero-order valence-electron chi connectivity index (χ0n) is 13.3. The number of piperidine rings is 1. The molecule has 2 aromatic heterocycles. The van der Waals surface area contributed by atoms with Gasteiger partial charge in [-0.15, -0.1) is 0 Å². The molecule has 7 nitrogen and oxygen atoms in total. The molecular formula is C16H21N5O2. The molecule has 3 heterocycles. The van der Waals surface area contributed by atoms with Crippen molar-refractivity contribution in [1.82, 2.24) is 25.5 Å². The number of aromatic nitrogens is 4. The molecule has 0 bridgehead atoms. The Labute approximate surface area is 134 Å². The summed E-state index contributed by atoms with van der Waals surface area (Å²) < 4.78 is 5.69. The van der Waals surface area contributed by atoms with Crippen molar-refractivity contribution in [3.05, 3.63) is 28.9 Å². The van der Waals surface area contributed by atoms with Crippen LogP contribution in [0.3, 0.4) is 0 Å². The highest BCUT2D eigenvalue weighted by atomic mass is 16.5. The number of H-pyrrole nitrogens is 1. The Morgan fingerprint density at radius 3 is 2.91 bits per heavy atom. The van der Waals surface area contributed by atoms with Crippen LogP contribution in [0.25, 0.3) is 0 Å². The summed E-state index contributed by atoms with van der Waals surface area (Å²) in [4.78, 5) is 14.1. The van der Waals surface area contributed by atoms with Crippen LogP contribution < -0.4 is 0 Å². The minimum atomic E-state index is -0.0505. The third-order valence-corrected chi connectivity index (χ3v) is 5.11. The van der Waals surface area contributed by atoms with E-state index in [4.69, 9.17) is 4.52 Å². The Hall–Kier alpha value is -2.18. The van der Waals surface area contributed by atoms with Crippen LogP contribution in [0.15, 0.2) is 10.7 Å². The van der Waals surface area contributed by atoms with E-state index in [1.807, 2.05) is 4.90 Å². The second kappa shape index (κ2) is 5.79. The third kappa shape index (κ3) is 2.64. The molecule has 1 amide bonds. The van der Waals surface area contributed by atoms with Crippen molar-refractivity contribution in [3.8, 4) is 0 Å². The van der Waals surface area contributed by atoms with E-state index in [2.05, 4.69) is 27.5 Å². The number of nitrogens with zero attached hydrogens (tertiary/aromatic N) is 4. The minimum absolute atomic E-state index is 0.0505. The quantitative estimate of drug-likeness (QED) is 0.915. The van der Waals surface area contributed by atoms with E-state index < -0.39 is 0 Å². The fraction of sp³-hybridized carbons (Fsp3) is 0.625. The second-order valence-corrected chi connectivity index (χ2v) is 6.74. The van der Waals surface area contributed by atoms with Crippen LogP contribution in [0, 0.1) is 5.92 Å². The van der Waals surface area contributed by atoms with E-state index in [0.29, 0.717) is 17.5 Å². The minimum Gasteiger partial charge on any atom is -0.361 e. The predicted molar refractivity (Wildman–Crippen MR) is 82.0 cm³/mol. The third-order valence-electron chi connectivity index (χ3n) is 5.11. The molecule has 0 aromatic carbocycles. The van der Waals surface area contributed by atoms with E-state index in [1.54, 1.807) is 0 Å². The molecule has 1 N–H and O–H groups in total. The first kappa shape index (κ1) is 14.4. The molecule has 1 atom stereocenters. The molecule has 0 spiro atoms. The standard InChI is InChI=1S/C16H21N5O2/c1-10-2-3-13-12(8-10)15(23-19-13)11-4-6-21(7-5-11)16(22)14-9-17-20-18-14/h9-11H,2-8H2,1H3,(H,17,18,20)/t10-/m1/s1. The zero-order valence-corrected chi connectivity index (χ0v) is 13.3. The highest BCUT2D eigenvalue weighted by Crippen LogP contribution is 2.36. The molecule has 7 heteroatoms. The maximum Gasteiger partial charge on any atom is 0.276 e. The van der Waals surface area contributed by atoms with Crippen molar-refractivity contribution >= 4 is 5.91 Å². The summed E-state index contributed by atoms with van der Waals surface area (Å²) in [6.45, 7) is 3.74. The fourth-order valence-electron chi connectivity index (χ4n) is 3.74. The van der Waals surface area contributed by atoms with Crippen LogP contribution in [0.1, 0.15) is 59.6 Å². The average molecular weight is 315 g/mol. The molecule has 23 heavy (non-hydrogen) atoms. The van der Waals surface area contributed by atoms with Crippen molar-refractivity contribution in [2.45, 2.75) is 44.9 Å². The van der Waals surface area contributed by atoms with E-state index >= 15 is 0 Å². The number of hydrogen-bond donors (Lipinski definition) is 1. The van der Waals surface area contributed by atoms with Gasteiger partial charge in [-0.1, -0.05) is 12.1 Å². The average Bonchev–Trinajstić information content (AvgIpc) is 3.24. The van der Waals surface area contributed by atoms with Gasteiger partial charge in [-0.3, -0.25) is 4.79 Å². The molecule has 1 aliphatic carbocycles. The molecular weight excluding hydrogens is 294 g/mol. The van der Waals surface area contributed by atoms with Gasteiger partial charge in [0.05, 0.1) is 11.9 Å². The molecule has 0 saturated carbocycles. The highest BCUT2D eigenvalue weighted by molar-refractivity contribution is 5.91. The van der Waals surface area contributed by atoms with Gasteiger partial charge in [0, 0.05) is 24.6 Å². The van der Waals surface area contributed by atoms with Crippen molar-refractivity contribution in [2.75, 3.05) is 13.1 Å². The monoisotopic (exact) mass is 315 g/mol. The lowest BCUT2D eigenvalue weighted by Gasteiger charge is -2.31. The first-order valence-electron chi connectivity index (χ1n) is 8.34. The number of carbonyl (C=O) groups is 1. The van der Waals surface area contributed by atoms with Crippen molar-refractivity contribution < 1.29 is 9.32 Å². The zero-order chi connectivity index (χ0) is 15.8. The molecule has 2 aliphatic rings. The Bertz CT molecular complexity index is 685. The Morgan fingerprint density at radius 2 is 2.17 bits per heavy atom. The van der Waals surface area contributed by atoms with Crippen LogP contribution in [0.2, 0.25) is 0 Å². The molecule has 1 aliphatic heterocycles. The van der Waals surface area contributed by atoms with Crippen molar-refractivity contribution in [1.29, 1.82) is 0 Å². The van der Waals surface area contributed by atoms with Crippen LogP contribution in [0.5, 0.6) is 0 Å². The summed E-state index contributed by atoms with van der Waals surface area (Å²) in [5.41, 5.74) is 2.87. The van der Waals surface area contributed by atoms with Gasteiger partial charge in [-0.25, -0.2) is 0 Å². The van der Waals surface area contributed by atoms with Gasteiger partial charge in [-0.2, -0.15) is 15.4 Å². The molecule has 4 rings (SSSR count). The number of likely N-dealkylation sites (tertiary alicyclic amines) is 1. The number of carbonyl (C=O) groups excluding carboxylic acids is 1. The number of aromatic amines is 1. The largest absolute Gasteiger partial charge is 0.361 e. The SMILES string of the molecule is C[C@@H]1CCc2noc(C3CCN(C(=O)c4cn[nH]n4)CC3)c2C1. The van der Waals surface area contributed by atoms with E-state index in [0.717, 1.165) is 50.2 Å². The number of amides is 1. The van der Waals surface area contributed by atoms with Crippen LogP contribution >= 0.6 is 0 Å². The normalized spacial score (nSPS) is 22.1. The lowest BCUT2D eigenvalue weighted by molar-refractivity contribution is 0.0699. The maximum atomic E-state index is 12.3. The van der Waals surface area contributed by atoms with Crippen LogP contribution in [-0.4, -0.2) is 44.5 Å². The summed E-state index contributed by atoms with van der Waals surface area (Å²) in [5, 5.41) is 14.3. The first-order valence-corrected chi connectivity index (χ1v) is 8.34. The van der Waals surface area contributed by atoms with E-state index in [9.17, 15) is 4.79 Å². The topological polar surface area (TPSA) is 87.9 Å². The number of nitrogens with one attached hydrogen (secondary N) is 1. The number of aryl methyl sites for hydroxylation is 1. The summed E-state index contributed by atoms with van der Waals surface area (Å²) in [6, 6.07) is 0. The van der Waals surface area contributed by atoms with E-state index in [1.165, 1.54) is 18.2 Å². The van der Waals surface area contributed by atoms with Gasteiger partial charge in [-0.05, 0) is 38.0 Å². The molecule has 2 aromatic rings. The summed E-state index contributed by atoms with van der Waals surface area (Å²) >= 11 is 0. The number of rotatable bonds is 2. The van der Waals surface area contributed by atoms with Gasteiger partial charge in [0.25, 0.3) is 5.91 Å². The van der Waals surface area contributed by atoms with Gasteiger partial charge < -0.3 is 9.42 Å². The Kier molecular flexibility index (Phi) is 3.63. The van der Waals surface area contributed by atoms with Crippen molar-refractivity contribution in [2.24, 2.45) is 5.92 Å². The van der Waals surface area contributed by atoms with Gasteiger partial charge in [0.15, 0.2) is 5.69 Å². The lowest BCUT2D eigenvalue weighted by Crippen LogP contribution is -2.38. The number of hydrogen-bond acceptors (Lipinski definition) is 5. The maximum absolute atomic E-state index is 12.3. The molecule has 1 saturated heterocycles. The summed E-state index contributed by atoms with van der Waals surface area (Å²) in [7, 11) is 0. The lowest BCUT2D eigenvalue weighted by atomic mass is 9.83. The predicted octanol–water partition coefficient (Wildman–Crippen LogP) is 1.94. The second-order valence-electron chi connectivity index (χ2n) is 6.74. The molecule has 122 valence electrons. The summed E-state index contributed by atoms with van der Waals surface area (Å²) in [6.07, 6.45) is 6.61. The van der Waals surface area contributed by atoms with Crippen molar-refractivity contribution in [3.63, 3.8) is 0 Å². The molecule has 1 fully saturated rings. The van der Waals surface area contributed by atoms with Gasteiger partial charge >= 0.3 is 0 Å². The fourth-order valence-corrected chi connectivity index (χ4v) is 3.74. The van der Waals surface area contributed by atoms with Crippen LogP contribution in [-0.2, 0) is 12.8 Å². The Balaban J connectivity index is 1.44. The smallest absolute Gasteiger partial charge is 0.276 e. The summed E-state index contributed by atoms with van der Waals surface area (Å²) in [5.74, 6) is 2.10. The molecule has 0 unspecified atom stereocenters. The number of fused-ring (bicyclic) bond motifs is 1. The highest BCUT2D eigenvalue weighted by Gasteiger charge is 2.32. The first-order chi connectivity index (χ1) is 11.2. The Morgan fingerprint density at radius 1 is 1.35 bits per heavy atom. The van der Waals surface area contributed by atoms with E-state index in [-0.39, 0.29) is 5.91 Å². The van der Waals surface area contributed by atoms with Crippen LogP contribution in [0.4, 0.5) is 0 Å². The molecule has 0 radical (unpaired) electrons. The van der Waals surface area contributed by atoms with Gasteiger partial charge in [0.1, 0.15) is 5.76 Å². The van der Waals surface area contributed by atoms with Gasteiger partial charge in [0.2, 0.25) is 0 Å².